The van der Waals surface area contributed by atoms with E-state index in [0.717, 1.165) is 30.9 Å². The highest BCUT2D eigenvalue weighted by atomic mass is 19.1. The van der Waals surface area contributed by atoms with Crippen LogP contribution in [-0.2, 0) is 16.1 Å². The highest BCUT2D eigenvalue weighted by molar-refractivity contribution is 5.81. The first-order valence-corrected chi connectivity index (χ1v) is 8.00. The molecule has 6 heteroatoms. The number of aliphatic imine (C=N–C) groups is 1. The summed E-state index contributed by atoms with van der Waals surface area (Å²) in [6, 6.07) is 6.47. The number of nitrogens with one attached hydrogen (secondary N) is 1. The van der Waals surface area contributed by atoms with Crippen LogP contribution >= 0.6 is 0 Å². The third-order valence-corrected chi connectivity index (χ3v) is 3.89. The Balaban J connectivity index is 1.93. The van der Waals surface area contributed by atoms with Gasteiger partial charge in [0, 0.05) is 26.7 Å². The van der Waals surface area contributed by atoms with Gasteiger partial charge in [0.05, 0.1) is 12.5 Å². The molecule has 1 aromatic carbocycles. The van der Waals surface area contributed by atoms with Gasteiger partial charge in [-0.05, 0) is 37.5 Å². The van der Waals surface area contributed by atoms with Crippen molar-refractivity contribution in [3.8, 4) is 0 Å². The number of piperidine rings is 1. The van der Waals surface area contributed by atoms with Gasteiger partial charge in [-0.15, -0.1) is 0 Å². The van der Waals surface area contributed by atoms with Crippen molar-refractivity contribution in [2.24, 2.45) is 10.9 Å². The van der Waals surface area contributed by atoms with Gasteiger partial charge in [0.1, 0.15) is 5.82 Å². The van der Waals surface area contributed by atoms with Gasteiger partial charge in [0.25, 0.3) is 0 Å². The molecule has 1 unspecified atom stereocenters. The van der Waals surface area contributed by atoms with Crippen molar-refractivity contribution in [2.75, 3.05) is 26.7 Å². The molecule has 0 aromatic heterocycles. The van der Waals surface area contributed by atoms with Crippen LogP contribution in [0, 0.1) is 11.7 Å². The maximum Gasteiger partial charge on any atom is 0.310 e. The molecule has 1 aliphatic heterocycles. The zero-order chi connectivity index (χ0) is 16.7. The highest BCUT2D eigenvalue weighted by Crippen LogP contribution is 2.18. The predicted molar refractivity (Wildman–Crippen MR) is 87.5 cm³/mol. The number of halogens is 1. The number of esters is 1. The molecule has 1 N–H and O–H groups in total. The molecule has 1 fully saturated rings. The fourth-order valence-electron chi connectivity index (χ4n) is 2.78. The van der Waals surface area contributed by atoms with Gasteiger partial charge in [0.2, 0.25) is 0 Å². The van der Waals surface area contributed by atoms with E-state index in [9.17, 15) is 9.18 Å². The van der Waals surface area contributed by atoms with E-state index < -0.39 is 0 Å². The number of hydrogen-bond acceptors (Lipinski definition) is 3. The lowest BCUT2D eigenvalue weighted by atomic mass is 9.98. The monoisotopic (exact) mass is 321 g/mol. The molecule has 1 aromatic rings. The maximum absolute atomic E-state index is 13.2. The Morgan fingerprint density at radius 2 is 2.35 bits per heavy atom. The summed E-state index contributed by atoms with van der Waals surface area (Å²) in [6.07, 6.45) is 1.76. The Bertz CT molecular complexity index is 563. The van der Waals surface area contributed by atoms with Gasteiger partial charge in [-0.2, -0.15) is 0 Å². The van der Waals surface area contributed by atoms with E-state index in [1.54, 1.807) is 13.1 Å². The number of rotatable bonds is 4. The quantitative estimate of drug-likeness (QED) is 0.525. The Morgan fingerprint density at radius 3 is 3.04 bits per heavy atom. The molecule has 0 amide bonds. The number of carbonyl (C=O) groups is 1. The van der Waals surface area contributed by atoms with Crippen LogP contribution in [-0.4, -0.2) is 43.6 Å². The van der Waals surface area contributed by atoms with Crippen LogP contribution in [0.4, 0.5) is 4.39 Å². The Hall–Kier alpha value is -2.11. The SMILES string of the molecule is CCOC(=O)C1CCCN(C(=NC)NCc2cccc(F)c2)C1. The first-order chi connectivity index (χ1) is 11.1. The van der Waals surface area contributed by atoms with Gasteiger partial charge in [-0.25, -0.2) is 4.39 Å². The van der Waals surface area contributed by atoms with Crippen molar-refractivity contribution in [3.05, 3.63) is 35.6 Å². The molecule has 0 radical (unpaired) electrons. The second-order valence-corrected chi connectivity index (χ2v) is 5.57. The fraction of sp³-hybridized carbons (Fsp3) is 0.529. The van der Waals surface area contributed by atoms with Gasteiger partial charge >= 0.3 is 5.97 Å². The van der Waals surface area contributed by atoms with Crippen molar-refractivity contribution in [1.29, 1.82) is 0 Å². The van der Waals surface area contributed by atoms with Gasteiger partial charge < -0.3 is 15.0 Å². The van der Waals surface area contributed by atoms with Crippen LogP contribution in [0.5, 0.6) is 0 Å². The van der Waals surface area contributed by atoms with Crippen molar-refractivity contribution in [3.63, 3.8) is 0 Å². The van der Waals surface area contributed by atoms with Crippen LogP contribution < -0.4 is 5.32 Å². The molecule has 1 heterocycles. The van der Waals surface area contributed by atoms with Gasteiger partial charge in [-0.3, -0.25) is 9.79 Å². The molecule has 23 heavy (non-hydrogen) atoms. The minimum Gasteiger partial charge on any atom is -0.466 e. The first-order valence-electron chi connectivity index (χ1n) is 8.00. The summed E-state index contributed by atoms with van der Waals surface area (Å²) >= 11 is 0. The van der Waals surface area contributed by atoms with E-state index in [0.29, 0.717) is 19.7 Å². The Kier molecular flexibility index (Phi) is 6.38. The summed E-state index contributed by atoms with van der Waals surface area (Å²) in [4.78, 5) is 18.3. The highest BCUT2D eigenvalue weighted by Gasteiger charge is 2.28. The minimum atomic E-state index is -0.250. The second kappa shape index (κ2) is 8.50. The summed E-state index contributed by atoms with van der Waals surface area (Å²) in [6.45, 7) is 4.16. The lowest BCUT2D eigenvalue weighted by molar-refractivity contribution is -0.149. The average molecular weight is 321 g/mol. The zero-order valence-electron chi connectivity index (χ0n) is 13.7. The van der Waals surface area contributed by atoms with Crippen molar-refractivity contribution in [1.82, 2.24) is 10.2 Å². The molecule has 126 valence electrons. The topological polar surface area (TPSA) is 53.9 Å². The number of ether oxygens (including phenoxy) is 1. The number of hydrogen-bond donors (Lipinski definition) is 1. The molecule has 1 saturated heterocycles. The molecular formula is C17H24FN3O2. The normalized spacial score (nSPS) is 18.7. The molecular weight excluding hydrogens is 297 g/mol. The number of benzene rings is 1. The van der Waals surface area contributed by atoms with Crippen molar-refractivity contribution < 1.29 is 13.9 Å². The summed E-state index contributed by atoms with van der Waals surface area (Å²) in [5.41, 5.74) is 0.852. The molecule has 5 nitrogen and oxygen atoms in total. The lowest BCUT2D eigenvalue weighted by Crippen LogP contribution is -2.48. The third-order valence-electron chi connectivity index (χ3n) is 3.89. The van der Waals surface area contributed by atoms with E-state index in [1.807, 2.05) is 13.0 Å². The molecule has 0 bridgehead atoms. The zero-order valence-corrected chi connectivity index (χ0v) is 13.7. The van der Waals surface area contributed by atoms with E-state index >= 15 is 0 Å². The van der Waals surface area contributed by atoms with E-state index in [1.165, 1.54) is 12.1 Å². The summed E-state index contributed by atoms with van der Waals surface area (Å²) in [7, 11) is 1.71. The Labute approximate surface area is 136 Å². The first kappa shape index (κ1) is 17.2. The predicted octanol–water partition coefficient (Wildman–Crippen LogP) is 2.18. The standard InChI is InChI=1S/C17H24FN3O2/c1-3-23-16(22)14-7-5-9-21(12-14)17(19-2)20-11-13-6-4-8-15(18)10-13/h4,6,8,10,14H,3,5,7,9,11-12H2,1-2H3,(H,19,20). The molecule has 0 aliphatic carbocycles. The van der Waals surface area contributed by atoms with Crippen LogP contribution in [0.25, 0.3) is 0 Å². The number of nitrogens with zero attached hydrogens (tertiary/aromatic N) is 2. The average Bonchev–Trinajstić information content (AvgIpc) is 2.56. The van der Waals surface area contributed by atoms with Crippen LogP contribution in [0.1, 0.15) is 25.3 Å². The second-order valence-electron chi connectivity index (χ2n) is 5.57. The van der Waals surface area contributed by atoms with Crippen molar-refractivity contribution >= 4 is 11.9 Å². The Morgan fingerprint density at radius 1 is 1.52 bits per heavy atom. The number of guanidine groups is 1. The number of likely N-dealkylation sites (tertiary alicyclic amines) is 1. The van der Waals surface area contributed by atoms with E-state index in [4.69, 9.17) is 4.74 Å². The molecule has 2 rings (SSSR count). The summed E-state index contributed by atoms with van der Waals surface area (Å²) in [5, 5.41) is 3.23. The molecule has 1 atom stereocenters. The minimum absolute atomic E-state index is 0.114. The lowest BCUT2D eigenvalue weighted by Gasteiger charge is -2.34. The summed E-state index contributed by atoms with van der Waals surface area (Å²) < 4.78 is 18.3. The third kappa shape index (κ3) is 4.94. The van der Waals surface area contributed by atoms with Crippen LogP contribution in [0.2, 0.25) is 0 Å². The maximum atomic E-state index is 13.2. The molecule has 1 aliphatic rings. The molecule has 0 spiro atoms. The smallest absolute Gasteiger partial charge is 0.310 e. The van der Waals surface area contributed by atoms with Crippen LogP contribution in [0.15, 0.2) is 29.3 Å². The van der Waals surface area contributed by atoms with Gasteiger partial charge in [0.15, 0.2) is 5.96 Å². The summed E-state index contributed by atoms with van der Waals surface area (Å²) in [5.74, 6) is 0.220. The van der Waals surface area contributed by atoms with E-state index in [-0.39, 0.29) is 17.7 Å². The molecule has 0 saturated carbocycles. The largest absolute Gasteiger partial charge is 0.466 e. The van der Waals surface area contributed by atoms with E-state index in [2.05, 4.69) is 15.2 Å². The number of carbonyl (C=O) groups excluding carboxylic acids is 1. The fourth-order valence-corrected chi connectivity index (χ4v) is 2.78. The van der Waals surface area contributed by atoms with Gasteiger partial charge in [-0.1, -0.05) is 12.1 Å². The van der Waals surface area contributed by atoms with Crippen molar-refractivity contribution in [2.45, 2.75) is 26.3 Å². The van der Waals surface area contributed by atoms with Crippen LogP contribution in [0.3, 0.4) is 0 Å².